The van der Waals surface area contributed by atoms with E-state index in [-0.39, 0.29) is 5.91 Å². The number of carbonyl (C=O) groups excluding carboxylic acids is 1. The number of piperidine rings is 1. The first-order valence-electron chi connectivity index (χ1n) is 5.75. The van der Waals surface area contributed by atoms with E-state index in [4.69, 9.17) is 9.84 Å². The summed E-state index contributed by atoms with van der Waals surface area (Å²) in [5.41, 5.74) is 0. The van der Waals surface area contributed by atoms with E-state index in [2.05, 4.69) is 0 Å². The minimum atomic E-state index is -0.889. The zero-order chi connectivity index (χ0) is 12.7. The maximum absolute atomic E-state index is 11.9. The molecule has 1 saturated heterocycles. The summed E-state index contributed by atoms with van der Waals surface area (Å²) in [7, 11) is 1.62. The van der Waals surface area contributed by atoms with Crippen LogP contribution in [0.4, 0.5) is 0 Å². The molecule has 1 amide bonds. The van der Waals surface area contributed by atoms with Gasteiger partial charge in [0.1, 0.15) is 6.04 Å². The molecule has 0 saturated carbocycles. The van der Waals surface area contributed by atoms with Crippen LogP contribution in [0.1, 0.15) is 19.3 Å². The highest BCUT2D eigenvalue weighted by Crippen LogP contribution is 2.18. The number of hydrogen-bond donors (Lipinski definition) is 1. The zero-order valence-electron chi connectivity index (χ0n) is 10.1. The average Bonchev–Trinajstić information content (AvgIpc) is 2.34. The van der Waals surface area contributed by atoms with Crippen LogP contribution in [0.3, 0.4) is 0 Å². The summed E-state index contributed by atoms with van der Waals surface area (Å²) >= 11 is 1.48. The Morgan fingerprint density at radius 3 is 2.88 bits per heavy atom. The topological polar surface area (TPSA) is 66.8 Å². The second kappa shape index (κ2) is 7.55. The van der Waals surface area contributed by atoms with Crippen molar-refractivity contribution in [1.82, 2.24) is 4.90 Å². The number of likely N-dealkylation sites (tertiary alicyclic amines) is 1. The highest BCUT2D eigenvalue weighted by molar-refractivity contribution is 7.99. The van der Waals surface area contributed by atoms with Gasteiger partial charge in [-0.2, -0.15) is 0 Å². The molecule has 98 valence electrons. The van der Waals surface area contributed by atoms with Crippen LogP contribution in [0.2, 0.25) is 0 Å². The summed E-state index contributed by atoms with van der Waals surface area (Å²) < 4.78 is 4.89. The number of ether oxygens (including phenoxy) is 1. The van der Waals surface area contributed by atoms with Crippen LogP contribution in [0.25, 0.3) is 0 Å². The predicted octanol–water partition coefficient (Wildman–Crippen LogP) is 0.832. The molecule has 0 unspecified atom stereocenters. The molecule has 6 heteroatoms. The van der Waals surface area contributed by atoms with E-state index in [1.807, 2.05) is 0 Å². The van der Waals surface area contributed by atoms with Gasteiger partial charge in [0.15, 0.2) is 0 Å². The van der Waals surface area contributed by atoms with Gasteiger partial charge in [-0.1, -0.05) is 0 Å². The van der Waals surface area contributed by atoms with E-state index in [1.54, 1.807) is 7.11 Å². The normalized spacial score (nSPS) is 20.3. The fourth-order valence-electron chi connectivity index (χ4n) is 1.87. The molecule has 0 spiro atoms. The molecule has 0 bridgehead atoms. The van der Waals surface area contributed by atoms with Crippen LogP contribution >= 0.6 is 11.8 Å². The maximum atomic E-state index is 11.9. The van der Waals surface area contributed by atoms with Crippen molar-refractivity contribution >= 4 is 23.6 Å². The molecular formula is C11H19NO4S. The molecule has 1 fully saturated rings. The summed E-state index contributed by atoms with van der Waals surface area (Å²) in [6, 6.07) is -0.626. The Hall–Kier alpha value is -0.750. The number of nitrogens with zero attached hydrogens (tertiary/aromatic N) is 1. The van der Waals surface area contributed by atoms with Crippen LogP contribution in [0, 0.1) is 0 Å². The van der Waals surface area contributed by atoms with Crippen LogP contribution in [0.5, 0.6) is 0 Å². The van der Waals surface area contributed by atoms with Crippen molar-refractivity contribution in [3.8, 4) is 0 Å². The summed E-state index contributed by atoms with van der Waals surface area (Å²) in [6.07, 6.45) is 2.36. The molecule has 17 heavy (non-hydrogen) atoms. The number of carboxylic acid groups (broad SMARTS) is 1. The first kappa shape index (κ1) is 14.3. The molecule has 1 atom stereocenters. The Bertz CT molecular complexity index is 272. The van der Waals surface area contributed by atoms with Gasteiger partial charge in [0, 0.05) is 19.4 Å². The Morgan fingerprint density at radius 1 is 1.47 bits per heavy atom. The monoisotopic (exact) mass is 261 g/mol. The van der Waals surface area contributed by atoms with Crippen molar-refractivity contribution in [3.63, 3.8) is 0 Å². The first-order chi connectivity index (χ1) is 8.16. The zero-order valence-corrected chi connectivity index (χ0v) is 10.9. The van der Waals surface area contributed by atoms with Crippen molar-refractivity contribution in [2.24, 2.45) is 0 Å². The number of rotatable bonds is 6. The molecule has 1 heterocycles. The molecule has 0 aromatic carbocycles. The standard InChI is InChI=1S/C11H19NO4S/c1-16-6-7-17-8-10(13)12-5-3-2-4-9(12)11(14)15/h9H,2-8H2,1H3,(H,14,15)/t9-/m1/s1. The van der Waals surface area contributed by atoms with Gasteiger partial charge in [-0.3, -0.25) is 4.79 Å². The van der Waals surface area contributed by atoms with Gasteiger partial charge in [0.25, 0.3) is 0 Å². The van der Waals surface area contributed by atoms with E-state index in [1.165, 1.54) is 16.7 Å². The largest absolute Gasteiger partial charge is 0.480 e. The maximum Gasteiger partial charge on any atom is 0.326 e. The van der Waals surface area contributed by atoms with Gasteiger partial charge in [0.05, 0.1) is 12.4 Å². The third-order valence-corrected chi connectivity index (χ3v) is 3.67. The molecule has 0 radical (unpaired) electrons. The summed E-state index contributed by atoms with van der Waals surface area (Å²) in [6.45, 7) is 1.18. The highest BCUT2D eigenvalue weighted by atomic mass is 32.2. The fourth-order valence-corrected chi connectivity index (χ4v) is 2.64. The van der Waals surface area contributed by atoms with Crippen LogP contribution < -0.4 is 0 Å². The third-order valence-electron chi connectivity index (χ3n) is 2.77. The smallest absolute Gasteiger partial charge is 0.326 e. The van der Waals surface area contributed by atoms with Gasteiger partial charge in [0.2, 0.25) is 5.91 Å². The molecule has 5 nitrogen and oxygen atoms in total. The lowest BCUT2D eigenvalue weighted by Crippen LogP contribution is -2.48. The number of carbonyl (C=O) groups is 2. The number of thioether (sulfide) groups is 1. The average molecular weight is 261 g/mol. The van der Waals surface area contributed by atoms with Crippen molar-refractivity contribution in [3.05, 3.63) is 0 Å². The second-order valence-electron chi connectivity index (χ2n) is 3.98. The molecule has 0 aromatic heterocycles. The third kappa shape index (κ3) is 4.55. The molecule has 1 aliphatic heterocycles. The molecule has 0 aliphatic carbocycles. The summed E-state index contributed by atoms with van der Waals surface area (Å²) in [4.78, 5) is 24.4. The van der Waals surface area contributed by atoms with Crippen molar-refractivity contribution in [2.45, 2.75) is 25.3 Å². The fraction of sp³-hybridized carbons (Fsp3) is 0.818. The van der Waals surface area contributed by atoms with E-state index in [0.717, 1.165) is 18.6 Å². The van der Waals surface area contributed by atoms with Gasteiger partial charge < -0.3 is 14.7 Å². The Kier molecular flexibility index (Phi) is 6.36. The number of aliphatic carboxylic acids is 1. The minimum Gasteiger partial charge on any atom is -0.480 e. The Balaban J connectivity index is 2.39. The summed E-state index contributed by atoms with van der Waals surface area (Å²) in [5, 5.41) is 9.05. The van der Waals surface area contributed by atoms with Crippen molar-refractivity contribution in [1.29, 1.82) is 0 Å². The van der Waals surface area contributed by atoms with Gasteiger partial charge in [-0.05, 0) is 19.3 Å². The first-order valence-corrected chi connectivity index (χ1v) is 6.91. The minimum absolute atomic E-state index is 0.0711. The van der Waals surface area contributed by atoms with Gasteiger partial charge in [-0.15, -0.1) is 11.8 Å². The predicted molar refractivity (Wildman–Crippen MR) is 66.2 cm³/mol. The van der Waals surface area contributed by atoms with E-state index >= 15 is 0 Å². The number of hydrogen-bond acceptors (Lipinski definition) is 4. The molecule has 1 aliphatic rings. The number of carboxylic acids is 1. The Morgan fingerprint density at radius 2 is 2.24 bits per heavy atom. The SMILES string of the molecule is COCCSCC(=O)N1CCCC[C@@H]1C(=O)O. The van der Waals surface area contributed by atoms with Crippen LogP contribution in [-0.2, 0) is 14.3 Å². The number of amides is 1. The number of methoxy groups -OCH3 is 1. The quantitative estimate of drug-likeness (QED) is 0.717. The van der Waals surface area contributed by atoms with Crippen molar-refractivity contribution in [2.75, 3.05) is 31.8 Å². The molecule has 1 N–H and O–H groups in total. The lowest BCUT2D eigenvalue weighted by Gasteiger charge is -2.32. The molecular weight excluding hydrogens is 242 g/mol. The second-order valence-corrected chi connectivity index (χ2v) is 5.09. The van der Waals surface area contributed by atoms with E-state index in [9.17, 15) is 9.59 Å². The van der Waals surface area contributed by atoms with E-state index in [0.29, 0.717) is 25.3 Å². The van der Waals surface area contributed by atoms with Gasteiger partial charge in [-0.25, -0.2) is 4.79 Å². The lowest BCUT2D eigenvalue weighted by atomic mass is 10.0. The van der Waals surface area contributed by atoms with E-state index < -0.39 is 12.0 Å². The highest BCUT2D eigenvalue weighted by Gasteiger charge is 2.31. The molecule has 0 aromatic rings. The van der Waals surface area contributed by atoms with Crippen LogP contribution in [-0.4, -0.2) is 59.7 Å². The lowest BCUT2D eigenvalue weighted by molar-refractivity contribution is -0.150. The van der Waals surface area contributed by atoms with Crippen LogP contribution in [0.15, 0.2) is 0 Å². The summed E-state index contributed by atoms with van der Waals surface area (Å²) in [5.74, 6) is 0.138. The van der Waals surface area contributed by atoms with Crippen molar-refractivity contribution < 1.29 is 19.4 Å². The van der Waals surface area contributed by atoms with Gasteiger partial charge >= 0.3 is 5.97 Å². The molecule has 1 rings (SSSR count). The Labute approximate surface area is 105 Å².